The summed E-state index contributed by atoms with van der Waals surface area (Å²) >= 11 is 0. The van der Waals surface area contributed by atoms with Gasteiger partial charge < -0.3 is 64.2 Å². The maximum absolute atomic E-state index is 15.1. The number of benzene rings is 1. The Balaban J connectivity index is 1.05. The molecule has 6 aliphatic rings. The minimum Gasteiger partial charge on any atom is -0.460 e. The number of carbonyl (C=O) groups excluding carboxylic acids is 4. The van der Waals surface area contributed by atoms with Crippen LogP contribution in [-0.2, 0) is 59.0 Å². The number of nitrogens with one attached hydrogen (secondary N) is 1. The van der Waals surface area contributed by atoms with E-state index in [4.69, 9.17) is 33.3 Å². The standard InChI is InChI=1S/C40H55N3O16/c1-39(2,3)58-27(46)12-11-23(18-44)41-35(50)24-10-5-13-42(24)38(52)40-16-25-31-32(55-20-54-31)34(40)59-43(33(40)36(51)56-25)17-22-8-4-7-21(15-22)9-6-14-53-37-30(49)29(48)28(47)26(19-45)57-37/h4,6-9,15,23-26,28-34,37,44-45,47-49H,5,10-14,16-20H2,1-3H3,(H,41,50). The molecule has 0 spiro atoms. The molecule has 19 heteroatoms. The van der Waals surface area contributed by atoms with Crippen molar-refractivity contribution in [3.8, 4) is 0 Å². The Kier molecular flexibility index (Phi) is 13.1. The van der Waals surface area contributed by atoms with Gasteiger partial charge in [-0.2, -0.15) is 5.06 Å². The number of nitrogens with zero attached hydrogens (tertiary/aromatic N) is 2. The number of esters is 2. The van der Waals surface area contributed by atoms with Gasteiger partial charge in [0.2, 0.25) is 11.8 Å². The van der Waals surface area contributed by atoms with E-state index in [0.29, 0.717) is 12.8 Å². The van der Waals surface area contributed by atoms with Gasteiger partial charge in [-0.05, 0) is 51.2 Å². The zero-order valence-electron chi connectivity index (χ0n) is 33.3. The van der Waals surface area contributed by atoms with E-state index >= 15 is 4.79 Å². The molecule has 1 aromatic carbocycles. The molecule has 1 saturated carbocycles. The van der Waals surface area contributed by atoms with Crippen LogP contribution in [0.1, 0.15) is 64.0 Å². The number of hydroxylamine groups is 2. The molecule has 0 aromatic heterocycles. The molecule has 6 fully saturated rings. The van der Waals surface area contributed by atoms with Gasteiger partial charge in [0.25, 0.3) is 0 Å². The van der Waals surface area contributed by atoms with Crippen molar-refractivity contribution < 1.29 is 78.0 Å². The summed E-state index contributed by atoms with van der Waals surface area (Å²) in [6.45, 7) is 4.45. The van der Waals surface area contributed by atoms with Crippen molar-refractivity contribution in [3.63, 3.8) is 0 Å². The minimum absolute atomic E-state index is 0.0248. The molecule has 7 rings (SSSR count). The van der Waals surface area contributed by atoms with Gasteiger partial charge in [0.15, 0.2) is 12.3 Å². The van der Waals surface area contributed by atoms with E-state index in [1.165, 1.54) is 9.96 Å². The molecule has 326 valence electrons. The van der Waals surface area contributed by atoms with Crippen LogP contribution in [0.5, 0.6) is 0 Å². The van der Waals surface area contributed by atoms with Gasteiger partial charge in [0.1, 0.15) is 72.7 Å². The summed E-state index contributed by atoms with van der Waals surface area (Å²) in [6.07, 6.45) is -5.62. The maximum atomic E-state index is 15.1. The smallest absolute Gasteiger partial charge is 0.327 e. The lowest BCUT2D eigenvalue weighted by atomic mass is 9.62. The fraction of sp³-hybridized carbons (Fsp3) is 0.700. The summed E-state index contributed by atoms with van der Waals surface area (Å²) in [5.74, 6) is -2.03. The molecule has 6 N–H and O–H groups in total. The van der Waals surface area contributed by atoms with Gasteiger partial charge >= 0.3 is 11.9 Å². The van der Waals surface area contributed by atoms with E-state index < -0.39 is 121 Å². The second kappa shape index (κ2) is 17.8. The molecular weight excluding hydrogens is 778 g/mol. The molecule has 1 aromatic rings. The van der Waals surface area contributed by atoms with Crippen molar-refractivity contribution in [2.24, 2.45) is 5.41 Å². The van der Waals surface area contributed by atoms with Gasteiger partial charge in [0, 0.05) is 19.4 Å². The first-order valence-electron chi connectivity index (χ1n) is 20.1. The Bertz CT molecular complexity index is 1740. The number of hydrogen-bond donors (Lipinski definition) is 6. The normalized spacial score (nSPS) is 36.0. The summed E-state index contributed by atoms with van der Waals surface area (Å²) in [5, 5.41) is 54.1. The second-order valence-corrected chi connectivity index (χ2v) is 17.0. The molecular formula is C40H55N3O16. The molecule has 13 unspecified atom stereocenters. The van der Waals surface area contributed by atoms with Crippen LogP contribution in [-0.4, -0.2) is 171 Å². The van der Waals surface area contributed by atoms with E-state index in [1.807, 2.05) is 18.2 Å². The Labute approximate surface area is 341 Å². The monoisotopic (exact) mass is 833 g/mol. The molecule has 0 radical (unpaired) electrons. The summed E-state index contributed by atoms with van der Waals surface area (Å²) < 4.78 is 34.1. The van der Waals surface area contributed by atoms with Crippen LogP contribution in [0.25, 0.3) is 6.08 Å². The Morgan fingerprint density at radius 2 is 1.86 bits per heavy atom. The first-order chi connectivity index (χ1) is 28.1. The van der Waals surface area contributed by atoms with Crippen LogP contribution in [0.4, 0.5) is 0 Å². The van der Waals surface area contributed by atoms with Crippen molar-refractivity contribution in [1.82, 2.24) is 15.3 Å². The predicted molar refractivity (Wildman–Crippen MR) is 200 cm³/mol. The number of amides is 2. The highest BCUT2D eigenvalue weighted by Crippen LogP contribution is 2.56. The van der Waals surface area contributed by atoms with E-state index in [1.54, 1.807) is 39.0 Å². The quantitative estimate of drug-likeness (QED) is 0.119. The lowest BCUT2D eigenvalue weighted by Crippen LogP contribution is -2.70. The van der Waals surface area contributed by atoms with E-state index in [-0.39, 0.29) is 45.8 Å². The fourth-order valence-corrected chi connectivity index (χ4v) is 9.07. The molecule has 5 heterocycles. The number of carbonyl (C=O) groups is 4. The van der Waals surface area contributed by atoms with Crippen molar-refractivity contribution in [2.75, 3.05) is 33.2 Å². The van der Waals surface area contributed by atoms with E-state index in [2.05, 4.69) is 5.32 Å². The van der Waals surface area contributed by atoms with Crippen molar-refractivity contribution in [1.29, 1.82) is 0 Å². The SMILES string of the molecule is CC(C)(C)OC(=O)CCC(CO)NC(=O)C1CCCN1C(=O)C12CC3OC(=O)C1N(Cc1cccc(C=CCOC4OC(CO)C(O)C(O)C4O)c1)OC2C1OCOC31. The van der Waals surface area contributed by atoms with Gasteiger partial charge in [-0.15, -0.1) is 0 Å². The highest BCUT2D eigenvalue weighted by atomic mass is 16.8. The van der Waals surface area contributed by atoms with Gasteiger partial charge in [0.05, 0.1) is 32.4 Å². The number of rotatable bonds is 14. The summed E-state index contributed by atoms with van der Waals surface area (Å²) in [7, 11) is 0. The Morgan fingerprint density at radius 3 is 2.61 bits per heavy atom. The lowest BCUT2D eigenvalue weighted by molar-refractivity contribution is -0.298. The average molecular weight is 834 g/mol. The first-order valence-corrected chi connectivity index (χ1v) is 20.1. The number of hydrogen-bond acceptors (Lipinski definition) is 17. The highest BCUT2D eigenvalue weighted by Gasteiger charge is 2.75. The number of aliphatic hydroxyl groups is 5. The lowest BCUT2D eigenvalue weighted by Gasteiger charge is -2.50. The number of fused-ring (bicyclic) bond motifs is 4. The number of aliphatic hydroxyl groups excluding tert-OH is 5. The van der Waals surface area contributed by atoms with Crippen LogP contribution in [0.3, 0.4) is 0 Å². The molecule has 59 heavy (non-hydrogen) atoms. The maximum Gasteiger partial charge on any atom is 0.327 e. The third kappa shape index (κ3) is 8.78. The fourth-order valence-electron chi connectivity index (χ4n) is 9.07. The molecule has 19 nitrogen and oxygen atoms in total. The van der Waals surface area contributed by atoms with Gasteiger partial charge in [-0.1, -0.05) is 36.4 Å². The van der Waals surface area contributed by atoms with Crippen LogP contribution in [0.15, 0.2) is 30.3 Å². The third-order valence-corrected chi connectivity index (χ3v) is 11.8. The van der Waals surface area contributed by atoms with Crippen LogP contribution < -0.4 is 5.32 Å². The van der Waals surface area contributed by atoms with Crippen molar-refractivity contribution >= 4 is 29.8 Å². The Morgan fingerprint density at radius 1 is 1.08 bits per heavy atom. The second-order valence-electron chi connectivity index (χ2n) is 17.0. The molecule has 5 saturated heterocycles. The summed E-state index contributed by atoms with van der Waals surface area (Å²) in [6, 6.07) is 4.47. The molecule has 1 aliphatic carbocycles. The topological polar surface area (TPSA) is 253 Å². The number of ether oxygens (including phenoxy) is 6. The third-order valence-electron chi connectivity index (χ3n) is 11.8. The summed E-state index contributed by atoms with van der Waals surface area (Å²) in [4.78, 5) is 63.3. The zero-order chi connectivity index (χ0) is 42.2. The zero-order valence-corrected chi connectivity index (χ0v) is 33.3. The van der Waals surface area contributed by atoms with Crippen LogP contribution in [0.2, 0.25) is 0 Å². The molecule has 13 atom stereocenters. The van der Waals surface area contributed by atoms with Crippen LogP contribution >= 0.6 is 0 Å². The molecule has 5 aliphatic heterocycles. The Hall–Kier alpha value is -3.60. The molecule has 2 bridgehead atoms. The van der Waals surface area contributed by atoms with E-state index in [9.17, 15) is 39.9 Å². The van der Waals surface area contributed by atoms with Crippen molar-refractivity contribution in [2.45, 2.75) is 138 Å². The van der Waals surface area contributed by atoms with Crippen molar-refractivity contribution in [3.05, 3.63) is 41.5 Å². The first kappa shape index (κ1) is 43.5. The van der Waals surface area contributed by atoms with Gasteiger partial charge in [-0.3, -0.25) is 24.0 Å². The van der Waals surface area contributed by atoms with Crippen LogP contribution in [0, 0.1) is 5.41 Å². The minimum atomic E-state index is -1.56. The largest absolute Gasteiger partial charge is 0.460 e. The summed E-state index contributed by atoms with van der Waals surface area (Å²) in [5.41, 5.74) is -0.707. The average Bonchev–Trinajstić information content (AvgIpc) is 3.96. The predicted octanol–water partition coefficient (Wildman–Crippen LogP) is -1.35. The van der Waals surface area contributed by atoms with Gasteiger partial charge in [-0.25, -0.2) is 0 Å². The highest BCUT2D eigenvalue weighted by molar-refractivity contribution is 5.96. The van der Waals surface area contributed by atoms with E-state index in [0.717, 1.165) is 11.1 Å². The number of likely N-dealkylation sites (tertiary alicyclic amines) is 1. The molecule has 2 amide bonds.